The number of hydrogen-bond acceptors (Lipinski definition) is 13. The first-order chi connectivity index (χ1) is 33.1. The Labute approximate surface area is 410 Å². The van der Waals surface area contributed by atoms with E-state index in [1.54, 1.807) is 6.08 Å². The molecule has 0 aromatic rings. The lowest BCUT2D eigenvalue weighted by atomic mass is 9.97. The zero-order valence-corrected chi connectivity index (χ0v) is 42.1. The lowest BCUT2D eigenvalue weighted by Gasteiger charge is -2.46. The molecule has 2 saturated heterocycles. The number of nitrogens with one attached hydrogen (secondary N) is 1. The van der Waals surface area contributed by atoms with E-state index < -0.39 is 86.8 Å². The Morgan fingerprint density at radius 1 is 0.544 bits per heavy atom. The summed E-state index contributed by atoms with van der Waals surface area (Å²) in [4.78, 5) is 13.2. The van der Waals surface area contributed by atoms with E-state index >= 15 is 0 Å². The summed E-state index contributed by atoms with van der Waals surface area (Å²) in [6.07, 6.45) is 31.6. The number of allylic oxidation sites excluding steroid dienone is 7. The van der Waals surface area contributed by atoms with Crippen molar-refractivity contribution < 1.29 is 64.6 Å². The van der Waals surface area contributed by atoms with Crippen LogP contribution in [-0.2, 0) is 23.7 Å². The second-order valence-electron chi connectivity index (χ2n) is 19.0. The van der Waals surface area contributed by atoms with Crippen molar-refractivity contribution in [3.63, 3.8) is 0 Å². The van der Waals surface area contributed by atoms with Crippen LogP contribution in [0.2, 0.25) is 0 Å². The van der Waals surface area contributed by atoms with E-state index in [1.807, 2.05) is 6.08 Å². The molecule has 14 nitrogen and oxygen atoms in total. The van der Waals surface area contributed by atoms with Crippen LogP contribution in [0.3, 0.4) is 0 Å². The van der Waals surface area contributed by atoms with Crippen molar-refractivity contribution in [1.29, 1.82) is 0 Å². The van der Waals surface area contributed by atoms with Crippen molar-refractivity contribution in [2.45, 2.75) is 267 Å². The summed E-state index contributed by atoms with van der Waals surface area (Å²) in [7, 11) is 0. The molecule has 396 valence electrons. The molecule has 0 radical (unpaired) electrons. The van der Waals surface area contributed by atoms with E-state index in [0.717, 1.165) is 57.8 Å². The molecule has 2 heterocycles. The highest BCUT2D eigenvalue weighted by Crippen LogP contribution is 2.30. The van der Waals surface area contributed by atoms with Crippen molar-refractivity contribution in [2.24, 2.45) is 0 Å². The van der Waals surface area contributed by atoms with Gasteiger partial charge in [-0.3, -0.25) is 4.79 Å². The maximum Gasteiger partial charge on any atom is 0.220 e. The predicted molar refractivity (Wildman–Crippen MR) is 267 cm³/mol. The average molecular weight is 968 g/mol. The van der Waals surface area contributed by atoms with E-state index in [0.29, 0.717) is 6.42 Å². The number of hydrogen-bond donors (Lipinski definition) is 9. The molecule has 12 atom stereocenters. The molecule has 0 spiro atoms. The highest BCUT2D eigenvalue weighted by atomic mass is 16.7. The van der Waals surface area contributed by atoms with Gasteiger partial charge in [0.2, 0.25) is 5.91 Å². The monoisotopic (exact) mass is 968 g/mol. The first-order valence-electron chi connectivity index (χ1n) is 26.9. The number of ether oxygens (including phenoxy) is 4. The first-order valence-corrected chi connectivity index (χ1v) is 26.9. The number of amides is 1. The lowest BCUT2D eigenvalue weighted by molar-refractivity contribution is -0.359. The minimum absolute atomic E-state index is 0.245. The summed E-state index contributed by atoms with van der Waals surface area (Å²) in [5, 5.41) is 86.8. The Morgan fingerprint density at radius 2 is 1.01 bits per heavy atom. The minimum atomic E-state index is -1.79. The quantitative estimate of drug-likeness (QED) is 0.0212. The largest absolute Gasteiger partial charge is 0.394 e. The molecule has 0 aliphatic carbocycles. The molecule has 0 aromatic heterocycles. The molecule has 2 fully saturated rings. The lowest BCUT2D eigenvalue weighted by Crippen LogP contribution is -2.65. The van der Waals surface area contributed by atoms with Crippen LogP contribution in [0, 0.1) is 0 Å². The summed E-state index contributed by atoms with van der Waals surface area (Å²) < 4.78 is 22.7. The van der Waals surface area contributed by atoms with Crippen LogP contribution in [0.1, 0.15) is 194 Å². The summed E-state index contributed by atoms with van der Waals surface area (Å²) >= 11 is 0. The van der Waals surface area contributed by atoms with Gasteiger partial charge in [-0.05, 0) is 51.4 Å². The van der Waals surface area contributed by atoms with Gasteiger partial charge in [-0.15, -0.1) is 0 Å². The third-order valence-corrected chi connectivity index (χ3v) is 13.0. The third kappa shape index (κ3) is 27.0. The number of unbranched alkanes of at least 4 members (excludes halogenated alkanes) is 22. The van der Waals surface area contributed by atoms with Gasteiger partial charge in [-0.2, -0.15) is 0 Å². The van der Waals surface area contributed by atoms with E-state index in [2.05, 4.69) is 55.6 Å². The van der Waals surface area contributed by atoms with Crippen LogP contribution in [0.4, 0.5) is 0 Å². The van der Waals surface area contributed by atoms with Crippen LogP contribution in [-0.4, -0.2) is 140 Å². The second kappa shape index (κ2) is 40.5. The van der Waals surface area contributed by atoms with Crippen LogP contribution < -0.4 is 5.32 Å². The van der Waals surface area contributed by atoms with Crippen LogP contribution in [0.15, 0.2) is 48.6 Å². The Hall–Kier alpha value is -2.05. The maximum atomic E-state index is 13.2. The zero-order chi connectivity index (χ0) is 49.6. The standard InChI is InChI=1S/C54H97NO13/c1-3-5-7-9-11-13-15-17-18-19-20-21-22-23-24-26-27-29-31-33-35-37-43(58)42(55-46(59)38-36-34-32-30-28-25-16-14-12-10-8-6-4-2)41-65-53-51(64)49(62)52(45(40-57)67-53)68-54-50(63)48(61)47(60)44(39-56)66-54/h6,8,12,14,25,28,35,37,42-45,47-54,56-58,60-64H,3-5,7,9-11,13,15-24,26-27,29-34,36,38-41H2,1-2H3,(H,55,59)/b8-6-,14-12-,28-25-,37-35+. The smallest absolute Gasteiger partial charge is 0.220 e. The molecule has 0 saturated carbocycles. The highest BCUT2D eigenvalue weighted by molar-refractivity contribution is 5.76. The van der Waals surface area contributed by atoms with Gasteiger partial charge in [-0.1, -0.05) is 184 Å². The van der Waals surface area contributed by atoms with Gasteiger partial charge < -0.3 is 65.1 Å². The van der Waals surface area contributed by atoms with Gasteiger partial charge in [0.05, 0.1) is 32.0 Å². The van der Waals surface area contributed by atoms with Crippen molar-refractivity contribution in [3.8, 4) is 0 Å². The Morgan fingerprint density at radius 3 is 1.56 bits per heavy atom. The molecule has 0 aromatic carbocycles. The molecule has 2 rings (SSSR count). The summed E-state index contributed by atoms with van der Waals surface area (Å²) in [5.74, 6) is -0.269. The van der Waals surface area contributed by atoms with Crippen LogP contribution in [0.5, 0.6) is 0 Å². The number of aliphatic hydroxyl groups is 8. The van der Waals surface area contributed by atoms with E-state index in [9.17, 15) is 45.6 Å². The molecular weight excluding hydrogens is 871 g/mol. The molecule has 1 amide bonds. The molecule has 14 heteroatoms. The Bertz CT molecular complexity index is 1330. The molecule has 12 unspecified atom stereocenters. The van der Waals surface area contributed by atoms with E-state index in [-0.39, 0.29) is 18.9 Å². The Kier molecular flexibility index (Phi) is 37.0. The molecule has 68 heavy (non-hydrogen) atoms. The van der Waals surface area contributed by atoms with E-state index in [1.165, 1.54) is 109 Å². The van der Waals surface area contributed by atoms with Gasteiger partial charge in [0.1, 0.15) is 48.8 Å². The first kappa shape index (κ1) is 62.1. The average Bonchev–Trinajstić information content (AvgIpc) is 3.34. The fourth-order valence-electron chi connectivity index (χ4n) is 8.66. The normalized spacial score (nSPS) is 26.7. The van der Waals surface area contributed by atoms with Gasteiger partial charge in [0.15, 0.2) is 12.6 Å². The van der Waals surface area contributed by atoms with Crippen molar-refractivity contribution >= 4 is 5.91 Å². The van der Waals surface area contributed by atoms with Crippen molar-refractivity contribution in [2.75, 3.05) is 19.8 Å². The van der Waals surface area contributed by atoms with Crippen LogP contribution in [0.25, 0.3) is 0 Å². The fourth-order valence-corrected chi connectivity index (χ4v) is 8.66. The summed E-state index contributed by atoms with van der Waals surface area (Å²) in [5.41, 5.74) is 0. The van der Waals surface area contributed by atoms with Gasteiger partial charge >= 0.3 is 0 Å². The fraction of sp³-hybridized carbons (Fsp3) is 0.833. The topological polar surface area (TPSA) is 228 Å². The van der Waals surface area contributed by atoms with Gasteiger partial charge in [0.25, 0.3) is 0 Å². The maximum absolute atomic E-state index is 13.2. The van der Waals surface area contributed by atoms with Gasteiger partial charge in [-0.25, -0.2) is 0 Å². The molecule has 9 N–H and O–H groups in total. The van der Waals surface area contributed by atoms with Crippen LogP contribution >= 0.6 is 0 Å². The summed E-state index contributed by atoms with van der Waals surface area (Å²) in [6.45, 7) is 2.65. The number of aliphatic hydroxyl groups excluding tert-OH is 8. The van der Waals surface area contributed by atoms with Crippen molar-refractivity contribution in [1.82, 2.24) is 5.32 Å². The predicted octanol–water partition coefficient (Wildman–Crippen LogP) is 7.66. The molecule has 0 bridgehead atoms. The molecule has 2 aliphatic rings. The summed E-state index contributed by atoms with van der Waals surface area (Å²) in [6, 6.07) is -0.930. The zero-order valence-electron chi connectivity index (χ0n) is 42.1. The highest BCUT2D eigenvalue weighted by Gasteiger charge is 2.51. The SMILES string of the molecule is CC/C=C\C/C=C\C/C=C\CCCCCC(=O)NC(COC1OC(CO)C(OC2OC(CO)C(O)C(O)C2O)C(O)C1O)C(O)/C=C/CCCCCCCCCCCCCCCCCCCCC. The third-order valence-electron chi connectivity index (χ3n) is 13.0. The number of carbonyl (C=O) groups is 1. The van der Waals surface area contributed by atoms with Gasteiger partial charge in [0, 0.05) is 6.42 Å². The second-order valence-corrected chi connectivity index (χ2v) is 19.0. The van der Waals surface area contributed by atoms with Crippen molar-refractivity contribution in [3.05, 3.63) is 48.6 Å². The minimum Gasteiger partial charge on any atom is -0.394 e. The van der Waals surface area contributed by atoms with E-state index in [4.69, 9.17) is 18.9 Å². The molecular formula is C54H97NO13. The molecule has 2 aliphatic heterocycles. The number of carbonyl (C=O) groups excluding carboxylic acids is 1. The Balaban J connectivity index is 1.82. The number of rotatable bonds is 41.